The van der Waals surface area contributed by atoms with E-state index in [4.69, 9.17) is 5.11 Å². The largest absolute Gasteiger partial charge is 0.481 e. The minimum atomic E-state index is -1.03. The fourth-order valence-corrected chi connectivity index (χ4v) is 3.13. The monoisotopic (exact) mass is 380 g/mol. The van der Waals surface area contributed by atoms with Gasteiger partial charge >= 0.3 is 5.97 Å². The lowest BCUT2D eigenvalue weighted by atomic mass is 9.98. The van der Waals surface area contributed by atoms with Crippen molar-refractivity contribution >= 4 is 17.3 Å². The summed E-state index contributed by atoms with van der Waals surface area (Å²) in [6.07, 6.45) is 8.19. The van der Waals surface area contributed by atoms with E-state index in [-0.39, 0.29) is 36.2 Å². The molecule has 27 heavy (non-hydrogen) atoms. The van der Waals surface area contributed by atoms with Crippen LogP contribution in [0, 0.1) is 20.2 Å². The maximum Gasteiger partial charge on any atom is 0.303 e. The second-order valence-electron chi connectivity index (χ2n) is 6.75. The first-order chi connectivity index (χ1) is 12.9. The van der Waals surface area contributed by atoms with Crippen LogP contribution in [0.25, 0.3) is 0 Å². The van der Waals surface area contributed by atoms with Gasteiger partial charge in [-0.15, -0.1) is 0 Å². The zero-order chi connectivity index (χ0) is 20.2. The average Bonchev–Trinajstić information content (AvgIpc) is 2.60. The van der Waals surface area contributed by atoms with Gasteiger partial charge < -0.3 is 5.11 Å². The molecule has 0 atom stereocenters. The Balaban J connectivity index is 2.83. The van der Waals surface area contributed by atoms with Crippen molar-refractivity contribution in [1.29, 1.82) is 0 Å². The molecule has 0 heterocycles. The molecule has 0 spiro atoms. The molecule has 0 unspecified atom stereocenters. The minimum absolute atomic E-state index is 0.00334. The molecule has 0 bridgehead atoms. The Hall–Kier alpha value is -2.51. The maximum absolute atomic E-state index is 11.4. The summed E-state index contributed by atoms with van der Waals surface area (Å²) in [7, 11) is 0. The minimum Gasteiger partial charge on any atom is -0.481 e. The molecule has 0 aliphatic carbocycles. The molecule has 1 rings (SSSR count). The van der Waals surface area contributed by atoms with Gasteiger partial charge in [-0.05, 0) is 31.2 Å². The lowest BCUT2D eigenvalue weighted by molar-refractivity contribution is -0.395. The van der Waals surface area contributed by atoms with Gasteiger partial charge in [-0.2, -0.15) is 0 Å². The summed E-state index contributed by atoms with van der Waals surface area (Å²) in [5.41, 5.74) is 0.0265. The number of aryl methyl sites for hydroxylation is 1. The first-order valence-corrected chi connectivity index (χ1v) is 9.53. The van der Waals surface area contributed by atoms with Crippen LogP contribution in [0.2, 0.25) is 0 Å². The standard InChI is InChI=1S/C19H28N2O6/c1-2-3-4-5-6-7-8-10-15-13-17(20(24)25)16(11-9-12-19(22)23)18(14-15)21(26)27/h13-14H,2-12H2,1H3,(H,22,23). The van der Waals surface area contributed by atoms with Crippen molar-refractivity contribution in [2.45, 2.75) is 77.6 Å². The lowest BCUT2D eigenvalue weighted by Gasteiger charge is -2.08. The second kappa shape index (κ2) is 12.0. The fraction of sp³-hybridized carbons (Fsp3) is 0.632. The number of carbonyl (C=O) groups is 1. The zero-order valence-electron chi connectivity index (χ0n) is 15.8. The van der Waals surface area contributed by atoms with E-state index in [1.165, 1.54) is 31.4 Å². The van der Waals surface area contributed by atoms with Crippen molar-refractivity contribution in [2.24, 2.45) is 0 Å². The van der Waals surface area contributed by atoms with Gasteiger partial charge in [-0.1, -0.05) is 45.4 Å². The summed E-state index contributed by atoms with van der Waals surface area (Å²) >= 11 is 0. The van der Waals surface area contributed by atoms with E-state index in [0.29, 0.717) is 12.0 Å². The highest BCUT2D eigenvalue weighted by Crippen LogP contribution is 2.32. The van der Waals surface area contributed by atoms with E-state index in [1.54, 1.807) is 0 Å². The highest BCUT2D eigenvalue weighted by Gasteiger charge is 2.26. The molecule has 0 aromatic heterocycles. The van der Waals surface area contributed by atoms with Crippen LogP contribution < -0.4 is 0 Å². The Bertz CT molecular complexity index is 625. The van der Waals surface area contributed by atoms with Crippen LogP contribution >= 0.6 is 0 Å². The Kier molecular flexibility index (Phi) is 10.00. The van der Waals surface area contributed by atoms with Gasteiger partial charge in [0.25, 0.3) is 11.4 Å². The molecule has 8 heteroatoms. The predicted octanol–water partition coefficient (Wildman–Crippen LogP) is 5.20. The summed E-state index contributed by atoms with van der Waals surface area (Å²) in [6, 6.07) is 2.81. The van der Waals surface area contributed by atoms with Gasteiger partial charge in [0.1, 0.15) is 5.56 Å². The first-order valence-electron chi connectivity index (χ1n) is 9.53. The Morgan fingerprint density at radius 2 is 1.41 bits per heavy atom. The predicted molar refractivity (Wildman–Crippen MR) is 102 cm³/mol. The van der Waals surface area contributed by atoms with Gasteiger partial charge in [-0.3, -0.25) is 25.0 Å². The zero-order valence-corrected chi connectivity index (χ0v) is 15.8. The normalized spacial score (nSPS) is 10.7. The number of nitro groups is 2. The topological polar surface area (TPSA) is 124 Å². The molecule has 0 aliphatic heterocycles. The van der Waals surface area contributed by atoms with Crippen molar-refractivity contribution in [1.82, 2.24) is 0 Å². The number of carboxylic acids is 1. The number of hydrogen-bond donors (Lipinski definition) is 1. The summed E-state index contributed by atoms with van der Waals surface area (Å²) in [6.45, 7) is 2.16. The van der Waals surface area contributed by atoms with Crippen LogP contribution in [0.3, 0.4) is 0 Å². The Morgan fingerprint density at radius 1 is 0.889 bits per heavy atom. The molecule has 0 amide bonds. The summed E-state index contributed by atoms with van der Waals surface area (Å²) in [5, 5.41) is 31.5. The number of carboxylic acid groups (broad SMARTS) is 1. The number of rotatable bonds is 14. The third kappa shape index (κ3) is 8.15. The number of nitrogens with zero attached hydrogens (tertiary/aromatic N) is 2. The molecule has 8 nitrogen and oxygen atoms in total. The van der Waals surface area contributed by atoms with Crippen LogP contribution in [0.5, 0.6) is 0 Å². The third-order valence-corrected chi connectivity index (χ3v) is 4.54. The summed E-state index contributed by atoms with van der Waals surface area (Å²) in [5.74, 6) is -1.03. The first kappa shape index (κ1) is 22.5. The van der Waals surface area contributed by atoms with E-state index in [2.05, 4.69) is 6.92 Å². The Morgan fingerprint density at radius 3 is 1.89 bits per heavy atom. The van der Waals surface area contributed by atoms with E-state index in [1.807, 2.05) is 0 Å². The summed E-state index contributed by atoms with van der Waals surface area (Å²) in [4.78, 5) is 32.2. The van der Waals surface area contributed by atoms with Crippen LogP contribution in [-0.2, 0) is 17.6 Å². The second-order valence-corrected chi connectivity index (χ2v) is 6.75. The molecule has 1 aromatic carbocycles. The number of nitro benzene ring substituents is 2. The third-order valence-electron chi connectivity index (χ3n) is 4.54. The van der Waals surface area contributed by atoms with Crippen LogP contribution in [0.1, 0.15) is 75.8 Å². The molecule has 1 aromatic rings. The van der Waals surface area contributed by atoms with Gasteiger partial charge in [0.2, 0.25) is 0 Å². The van der Waals surface area contributed by atoms with Crippen molar-refractivity contribution < 1.29 is 19.7 Å². The van der Waals surface area contributed by atoms with Crippen molar-refractivity contribution in [3.05, 3.63) is 43.5 Å². The fourth-order valence-electron chi connectivity index (χ4n) is 3.13. The van der Waals surface area contributed by atoms with E-state index in [9.17, 15) is 25.0 Å². The number of aliphatic carboxylic acids is 1. The highest BCUT2D eigenvalue weighted by atomic mass is 16.6. The van der Waals surface area contributed by atoms with E-state index in [0.717, 1.165) is 25.7 Å². The van der Waals surface area contributed by atoms with Gasteiger partial charge in [-0.25, -0.2) is 0 Å². The van der Waals surface area contributed by atoms with Crippen molar-refractivity contribution in [3.8, 4) is 0 Å². The Labute approximate surface area is 158 Å². The lowest BCUT2D eigenvalue weighted by Crippen LogP contribution is -2.05. The number of unbranched alkanes of at least 4 members (excludes halogenated alkanes) is 6. The van der Waals surface area contributed by atoms with Crippen molar-refractivity contribution in [3.63, 3.8) is 0 Å². The highest BCUT2D eigenvalue weighted by molar-refractivity contribution is 5.66. The van der Waals surface area contributed by atoms with E-state index < -0.39 is 15.8 Å². The quantitative estimate of drug-likeness (QED) is 0.268. The smallest absolute Gasteiger partial charge is 0.303 e. The van der Waals surface area contributed by atoms with Gasteiger partial charge in [0.05, 0.1) is 9.85 Å². The maximum atomic E-state index is 11.4. The SMILES string of the molecule is CCCCCCCCCc1cc([N+](=O)[O-])c(CCCC(=O)O)c([N+](=O)[O-])c1. The number of hydrogen-bond acceptors (Lipinski definition) is 5. The van der Waals surface area contributed by atoms with E-state index >= 15 is 0 Å². The molecule has 0 aliphatic rings. The van der Waals surface area contributed by atoms with Crippen molar-refractivity contribution in [2.75, 3.05) is 0 Å². The number of benzene rings is 1. The van der Waals surface area contributed by atoms with Crippen LogP contribution in [0.15, 0.2) is 12.1 Å². The molecule has 0 saturated carbocycles. The average molecular weight is 380 g/mol. The molecule has 150 valence electrons. The van der Waals surface area contributed by atoms with Crippen LogP contribution in [-0.4, -0.2) is 20.9 Å². The van der Waals surface area contributed by atoms with Gasteiger partial charge in [0.15, 0.2) is 0 Å². The molecular formula is C19H28N2O6. The molecule has 0 saturated heterocycles. The molecule has 0 fully saturated rings. The molecule has 0 radical (unpaired) electrons. The molecular weight excluding hydrogens is 352 g/mol. The molecule has 1 N–H and O–H groups in total. The summed E-state index contributed by atoms with van der Waals surface area (Å²) < 4.78 is 0. The van der Waals surface area contributed by atoms with Gasteiger partial charge in [0, 0.05) is 18.6 Å². The van der Waals surface area contributed by atoms with Crippen LogP contribution in [0.4, 0.5) is 11.4 Å².